The van der Waals surface area contributed by atoms with Crippen LogP contribution in [0.5, 0.6) is 0 Å². The van der Waals surface area contributed by atoms with Crippen molar-refractivity contribution < 1.29 is 17.9 Å². The number of hydrogen-bond acceptors (Lipinski definition) is 4. The number of amides is 1. The molecule has 2 saturated heterocycles. The largest absolute Gasteiger partial charge is 0.358 e. The Bertz CT molecular complexity index is 998. The van der Waals surface area contributed by atoms with Crippen molar-refractivity contribution in [1.29, 1.82) is 0 Å². The highest BCUT2D eigenvalue weighted by atomic mass is 32.2. The van der Waals surface area contributed by atoms with Gasteiger partial charge in [0.25, 0.3) is 0 Å². The van der Waals surface area contributed by atoms with Crippen molar-refractivity contribution in [2.45, 2.75) is 42.7 Å². The molecule has 0 unspecified atom stereocenters. The molecular formula is C23H28N2O4S. The first kappa shape index (κ1) is 21.0. The molecule has 2 aromatic carbocycles. The normalized spacial score (nSPS) is 19.9. The first-order valence-corrected chi connectivity index (χ1v) is 11.8. The van der Waals surface area contributed by atoms with E-state index in [4.69, 9.17) is 4.74 Å². The summed E-state index contributed by atoms with van der Waals surface area (Å²) < 4.78 is 34.0. The third-order valence-electron chi connectivity index (χ3n) is 6.31. The van der Waals surface area contributed by atoms with E-state index in [-0.39, 0.29) is 10.8 Å². The predicted octanol–water partition coefficient (Wildman–Crippen LogP) is 3.00. The lowest BCUT2D eigenvalue weighted by Gasteiger charge is -2.44. The van der Waals surface area contributed by atoms with Gasteiger partial charge in [0.1, 0.15) is 5.72 Å². The van der Waals surface area contributed by atoms with Crippen LogP contribution in [-0.2, 0) is 25.0 Å². The van der Waals surface area contributed by atoms with Crippen LogP contribution < -0.4 is 0 Å². The Morgan fingerprint density at radius 1 is 0.933 bits per heavy atom. The molecule has 1 amide bonds. The molecule has 0 saturated carbocycles. The number of carbonyl (C=O) groups excluding carboxylic acids is 1. The fraction of sp³-hybridized carbons (Fsp3) is 0.435. The lowest BCUT2D eigenvalue weighted by molar-refractivity contribution is -0.144. The number of benzene rings is 2. The van der Waals surface area contributed by atoms with Crippen molar-refractivity contribution in [2.24, 2.45) is 0 Å². The molecule has 0 atom stereocenters. The Morgan fingerprint density at radius 2 is 1.50 bits per heavy atom. The number of rotatable bonds is 4. The first-order valence-electron chi connectivity index (χ1n) is 10.3. The molecule has 2 aliphatic rings. The predicted molar refractivity (Wildman–Crippen MR) is 114 cm³/mol. The van der Waals surface area contributed by atoms with Gasteiger partial charge in [0.15, 0.2) is 0 Å². The average Bonchev–Trinajstić information content (AvgIpc) is 3.19. The third-order valence-corrected chi connectivity index (χ3v) is 8.28. The van der Waals surface area contributed by atoms with Crippen molar-refractivity contribution in [3.05, 3.63) is 66.2 Å². The average molecular weight is 429 g/mol. The van der Waals surface area contributed by atoms with E-state index in [1.54, 1.807) is 30.3 Å². The smallest absolute Gasteiger partial charge is 0.245 e. The highest BCUT2D eigenvalue weighted by molar-refractivity contribution is 7.89. The second-order valence-corrected chi connectivity index (χ2v) is 10.3. The molecule has 0 aliphatic carbocycles. The zero-order chi connectivity index (χ0) is 21.4. The lowest BCUT2D eigenvalue weighted by Crippen LogP contribution is -2.57. The van der Waals surface area contributed by atoms with Gasteiger partial charge in [-0.1, -0.05) is 48.5 Å². The lowest BCUT2D eigenvalue weighted by atomic mass is 9.82. The van der Waals surface area contributed by atoms with Crippen LogP contribution in [0.25, 0.3) is 0 Å². The van der Waals surface area contributed by atoms with Gasteiger partial charge >= 0.3 is 0 Å². The van der Waals surface area contributed by atoms with Crippen molar-refractivity contribution in [1.82, 2.24) is 9.21 Å². The summed E-state index contributed by atoms with van der Waals surface area (Å²) >= 11 is 0. The highest BCUT2D eigenvalue weighted by Crippen LogP contribution is 2.39. The minimum atomic E-state index is -3.65. The zero-order valence-electron chi connectivity index (χ0n) is 17.5. The van der Waals surface area contributed by atoms with Gasteiger partial charge in [-0.2, -0.15) is 4.31 Å². The van der Waals surface area contributed by atoms with Gasteiger partial charge in [0, 0.05) is 32.5 Å². The van der Waals surface area contributed by atoms with E-state index in [1.165, 1.54) is 4.31 Å². The van der Waals surface area contributed by atoms with Gasteiger partial charge in [0.05, 0.1) is 16.9 Å². The number of carbonyl (C=O) groups is 1. The number of hydrogen-bond donors (Lipinski definition) is 0. The summed E-state index contributed by atoms with van der Waals surface area (Å²) in [5.74, 6) is 0.0546. The number of sulfonamides is 1. The molecule has 4 rings (SSSR count). The zero-order valence-corrected chi connectivity index (χ0v) is 18.3. The van der Waals surface area contributed by atoms with Crippen molar-refractivity contribution in [3.63, 3.8) is 0 Å². The van der Waals surface area contributed by atoms with Crippen molar-refractivity contribution >= 4 is 15.9 Å². The van der Waals surface area contributed by atoms with Crippen LogP contribution in [-0.4, -0.2) is 55.5 Å². The molecule has 160 valence electrons. The minimum Gasteiger partial charge on any atom is -0.358 e. The van der Waals surface area contributed by atoms with E-state index in [0.717, 1.165) is 5.56 Å². The summed E-state index contributed by atoms with van der Waals surface area (Å²) in [6.07, 6.45) is 0.936. The number of nitrogens with zero attached hydrogens (tertiary/aromatic N) is 2. The topological polar surface area (TPSA) is 66.9 Å². The Kier molecular flexibility index (Phi) is 5.46. The Morgan fingerprint density at radius 3 is 2.10 bits per heavy atom. The van der Waals surface area contributed by atoms with E-state index in [2.05, 4.69) is 0 Å². The third kappa shape index (κ3) is 3.55. The quantitative estimate of drug-likeness (QED) is 0.751. The Balaban J connectivity index is 1.51. The molecule has 2 heterocycles. The summed E-state index contributed by atoms with van der Waals surface area (Å²) in [6, 6.07) is 18.2. The molecule has 0 radical (unpaired) electrons. The molecule has 6 nitrogen and oxygen atoms in total. The molecule has 2 fully saturated rings. The van der Waals surface area contributed by atoms with Gasteiger partial charge in [-0.25, -0.2) is 8.42 Å². The Labute approximate surface area is 178 Å². The number of ether oxygens (including phenoxy) is 1. The molecule has 30 heavy (non-hydrogen) atoms. The second kappa shape index (κ2) is 7.80. The minimum absolute atomic E-state index is 0.0546. The van der Waals surface area contributed by atoms with Crippen LogP contribution in [0.1, 0.15) is 32.3 Å². The van der Waals surface area contributed by atoms with Gasteiger partial charge < -0.3 is 9.64 Å². The fourth-order valence-electron chi connectivity index (χ4n) is 4.48. The van der Waals surface area contributed by atoms with Crippen LogP contribution in [0, 0.1) is 0 Å². The van der Waals surface area contributed by atoms with E-state index < -0.39 is 21.2 Å². The highest BCUT2D eigenvalue weighted by Gasteiger charge is 2.51. The van der Waals surface area contributed by atoms with Crippen LogP contribution in [0.3, 0.4) is 0 Å². The summed E-state index contributed by atoms with van der Waals surface area (Å²) in [4.78, 5) is 15.4. The standard InChI is InChI=1S/C23H28N2O4S/c1-22(2,19-9-5-3-6-10-19)21(26)24-15-13-23(14-16-24)25(17-18-29-23)30(27,28)20-11-7-4-8-12-20/h3-12H,13-18H2,1-2H3. The SMILES string of the molecule is CC(C)(C(=O)N1CCC2(CC1)OCCN2S(=O)(=O)c1ccccc1)c1ccccc1. The monoisotopic (exact) mass is 428 g/mol. The number of piperidine rings is 1. The Hall–Kier alpha value is -2.22. The van der Waals surface area contributed by atoms with E-state index in [1.807, 2.05) is 49.1 Å². The summed E-state index contributed by atoms with van der Waals surface area (Å²) in [5.41, 5.74) is -0.541. The molecule has 0 aromatic heterocycles. The summed E-state index contributed by atoms with van der Waals surface area (Å²) in [5, 5.41) is 0. The molecule has 1 spiro atoms. The maximum absolute atomic E-state index is 13.3. The van der Waals surface area contributed by atoms with Crippen LogP contribution in [0.4, 0.5) is 0 Å². The summed E-state index contributed by atoms with van der Waals surface area (Å²) in [6.45, 7) is 5.52. The summed E-state index contributed by atoms with van der Waals surface area (Å²) in [7, 11) is -3.65. The molecule has 0 bridgehead atoms. The van der Waals surface area contributed by atoms with Gasteiger partial charge in [-0.3, -0.25) is 4.79 Å². The maximum atomic E-state index is 13.3. The van der Waals surface area contributed by atoms with Gasteiger partial charge in [-0.05, 0) is 31.5 Å². The van der Waals surface area contributed by atoms with Crippen molar-refractivity contribution in [2.75, 3.05) is 26.2 Å². The van der Waals surface area contributed by atoms with E-state index in [9.17, 15) is 13.2 Å². The molecule has 2 aliphatic heterocycles. The molecule has 7 heteroatoms. The van der Waals surface area contributed by atoms with Crippen molar-refractivity contribution in [3.8, 4) is 0 Å². The van der Waals surface area contributed by atoms with Gasteiger partial charge in [0.2, 0.25) is 15.9 Å². The number of likely N-dealkylation sites (tertiary alicyclic amines) is 1. The van der Waals surface area contributed by atoms with Crippen LogP contribution in [0.15, 0.2) is 65.6 Å². The molecule has 0 N–H and O–H groups in total. The molecule has 2 aromatic rings. The second-order valence-electron chi connectivity index (χ2n) is 8.47. The van der Waals surface area contributed by atoms with E-state index in [0.29, 0.717) is 39.1 Å². The maximum Gasteiger partial charge on any atom is 0.245 e. The molecular weight excluding hydrogens is 400 g/mol. The van der Waals surface area contributed by atoms with E-state index >= 15 is 0 Å². The fourth-order valence-corrected chi connectivity index (χ4v) is 6.22. The van der Waals surface area contributed by atoms with Crippen LogP contribution >= 0.6 is 0 Å². The van der Waals surface area contributed by atoms with Gasteiger partial charge in [-0.15, -0.1) is 0 Å². The van der Waals surface area contributed by atoms with Crippen LogP contribution in [0.2, 0.25) is 0 Å². The first-order chi connectivity index (χ1) is 14.3.